The lowest BCUT2D eigenvalue weighted by Gasteiger charge is -2.15. The Kier molecular flexibility index (Phi) is 9.14. The molecule has 0 spiro atoms. The van der Waals surface area contributed by atoms with Crippen LogP contribution in [0.2, 0.25) is 0 Å². The van der Waals surface area contributed by atoms with Crippen molar-refractivity contribution in [1.82, 2.24) is 5.32 Å². The first kappa shape index (κ1) is 15.7. The molecule has 1 amide bonds. The molecule has 0 bridgehead atoms. The average molecular weight is 306 g/mol. The predicted octanol–water partition coefficient (Wildman–Crippen LogP) is 1.78. The molecule has 0 aliphatic carbocycles. The fourth-order valence-corrected chi connectivity index (χ4v) is 1.38. The van der Waals surface area contributed by atoms with Crippen LogP contribution in [0.15, 0.2) is 25.3 Å². The molecular formula is C11H16BrNO4. The second kappa shape index (κ2) is 9.89. The monoisotopic (exact) mass is 305 g/mol. The lowest BCUT2D eigenvalue weighted by molar-refractivity contribution is -0.144. The highest BCUT2D eigenvalue weighted by molar-refractivity contribution is 9.09. The number of halogens is 1. The van der Waals surface area contributed by atoms with Crippen LogP contribution in [0, 0.1) is 0 Å². The van der Waals surface area contributed by atoms with Gasteiger partial charge in [-0.3, -0.25) is 0 Å². The normalized spacial score (nSPS) is 11.1. The van der Waals surface area contributed by atoms with Crippen molar-refractivity contribution in [3.05, 3.63) is 25.3 Å². The molecule has 0 rings (SSSR count). The molecule has 1 atom stereocenters. The number of alkyl halides is 1. The Morgan fingerprint density at radius 3 is 2.35 bits per heavy atom. The zero-order valence-electron chi connectivity index (χ0n) is 9.49. The minimum Gasteiger partial charge on any atom is -0.460 e. The standard InChI is InChI=1S/C11H16BrNO4/c1-3-7-16-10(14)9(5-6-12)13-11(15)17-8-4-2/h3-4,9H,1-2,5-8H2,(H,13,15)/t9-/m0/s1. The molecule has 0 saturated heterocycles. The van der Waals surface area contributed by atoms with Crippen molar-refractivity contribution < 1.29 is 19.1 Å². The Bertz CT molecular complexity index is 281. The van der Waals surface area contributed by atoms with Gasteiger partial charge in [0, 0.05) is 5.33 Å². The highest BCUT2D eigenvalue weighted by Gasteiger charge is 2.21. The molecule has 0 aromatic heterocycles. The van der Waals surface area contributed by atoms with Gasteiger partial charge in [-0.05, 0) is 6.42 Å². The van der Waals surface area contributed by atoms with Crippen molar-refractivity contribution in [2.75, 3.05) is 18.5 Å². The Morgan fingerprint density at radius 1 is 1.24 bits per heavy atom. The van der Waals surface area contributed by atoms with E-state index in [2.05, 4.69) is 34.4 Å². The molecule has 0 saturated carbocycles. The second-order valence-electron chi connectivity index (χ2n) is 2.98. The summed E-state index contributed by atoms with van der Waals surface area (Å²) < 4.78 is 9.55. The van der Waals surface area contributed by atoms with Crippen LogP contribution in [0.4, 0.5) is 4.79 Å². The van der Waals surface area contributed by atoms with Crippen LogP contribution in [0.3, 0.4) is 0 Å². The van der Waals surface area contributed by atoms with Crippen LogP contribution in [0.25, 0.3) is 0 Å². The highest BCUT2D eigenvalue weighted by Crippen LogP contribution is 2.00. The van der Waals surface area contributed by atoms with Crippen molar-refractivity contribution >= 4 is 28.0 Å². The lowest BCUT2D eigenvalue weighted by atomic mass is 10.2. The molecule has 0 aliphatic rings. The first-order chi connectivity index (χ1) is 8.15. The number of esters is 1. The highest BCUT2D eigenvalue weighted by atomic mass is 79.9. The molecular weight excluding hydrogens is 290 g/mol. The predicted molar refractivity (Wildman–Crippen MR) is 68.0 cm³/mol. The van der Waals surface area contributed by atoms with E-state index in [1.54, 1.807) is 0 Å². The van der Waals surface area contributed by atoms with Gasteiger partial charge in [0.25, 0.3) is 0 Å². The number of nitrogens with one attached hydrogen (secondary N) is 1. The molecule has 0 radical (unpaired) electrons. The first-order valence-corrected chi connectivity index (χ1v) is 6.15. The number of amides is 1. The number of carbonyl (C=O) groups excluding carboxylic acids is 2. The summed E-state index contributed by atoms with van der Waals surface area (Å²) in [7, 11) is 0. The third kappa shape index (κ3) is 7.57. The van der Waals surface area contributed by atoms with E-state index in [1.807, 2.05) is 0 Å². The molecule has 6 heteroatoms. The molecule has 0 aromatic carbocycles. The summed E-state index contributed by atoms with van der Waals surface area (Å²) in [5, 5.41) is 2.97. The van der Waals surface area contributed by atoms with Gasteiger partial charge in [-0.25, -0.2) is 9.59 Å². The zero-order chi connectivity index (χ0) is 13.1. The van der Waals surface area contributed by atoms with E-state index < -0.39 is 18.1 Å². The maximum absolute atomic E-state index is 11.5. The third-order valence-corrected chi connectivity index (χ3v) is 2.11. The third-order valence-electron chi connectivity index (χ3n) is 1.65. The first-order valence-electron chi connectivity index (χ1n) is 5.03. The van der Waals surface area contributed by atoms with E-state index in [1.165, 1.54) is 12.2 Å². The van der Waals surface area contributed by atoms with Gasteiger partial charge in [-0.2, -0.15) is 0 Å². The summed E-state index contributed by atoms with van der Waals surface area (Å²) in [6.45, 7) is 7.04. The maximum Gasteiger partial charge on any atom is 0.408 e. The van der Waals surface area contributed by atoms with Crippen LogP contribution >= 0.6 is 15.9 Å². The van der Waals surface area contributed by atoms with E-state index in [-0.39, 0.29) is 13.2 Å². The zero-order valence-corrected chi connectivity index (χ0v) is 11.1. The van der Waals surface area contributed by atoms with Crippen molar-refractivity contribution in [2.45, 2.75) is 12.5 Å². The Balaban J connectivity index is 4.20. The van der Waals surface area contributed by atoms with Crippen molar-refractivity contribution in [1.29, 1.82) is 0 Å². The topological polar surface area (TPSA) is 64.6 Å². The van der Waals surface area contributed by atoms with Gasteiger partial charge in [0.15, 0.2) is 0 Å². The fourth-order valence-electron chi connectivity index (χ4n) is 0.918. The van der Waals surface area contributed by atoms with E-state index in [0.29, 0.717) is 11.8 Å². The quantitative estimate of drug-likeness (QED) is 0.422. The Labute approximate surface area is 109 Å². The fraction of sp³-hybridized carbons (Fsp3) is 0.455. The van der Waals surface area contributed by atoms with E-state index in [0.717, 1.165) is 0 Å². The Hall–Kier alpha value is -1.30. The largest absolute Gasteiger partial charge is 0.460 e. The van der Waals surface area contributed by atoms with Crippen LogP contribution in [0.5, 0.6) is 0 Å². The molecule has 0 aliphatic heterocycles. The van der Waals surface area contributed by atoms with Crippen LogP contribution in [0.1, 0.15) is 6.42 Å². The summed E-state index contributed by atoms with van der Waals surface area (Å²) in [5.41, 5.74) is 0. The second-order valence-corrected chi connectivity index (χ2v) is 3.77. The molecule has 0 unspecified atom stereocenters. The van der Waals surface area contributed by atoms with E-state index in [9.17, 15) is 9.59 Å². The number of hydrogen-bond donors (Lipinski definition) is 1. The van der Waals surface area contributed by atoms with Gasteiger partial charge < -0.3 is 14.8 Å². The lowest BCUT2D eigenvalue weighted by Crippen LogP contribution is -2.42. The van der Waals surface area contributed by atoms with Crippen LogP contribution < -0.4 is 5.32 Å². The number of alkyl carbamates (subject to hydrolysis) is 1. The van der Waals surface area contributed by atoms with Crippen LogP contribution in [-0.2, 0) is 14.3 Å². The van der Waals surface area contributed by atoms with Crippen molar-refractivity contribution in [2.24, 2.45) is 0 Å². The van der Waals surface area contributed by atoms with Crippen LogP contribution in [-0.4, -0.2) is 36.6 Å². The average Bonchev–Trinajstić information content (AvgIpc) is 2.32. The summed E-state index contributed by atoms with van der Waals surface area (Å²) in [4.78, 5) is 22.8. The molecule has 5 nitrogen and oxygen atoms in total. The van der Waals surface area contributed by atoms with E-state index in [4.69, 9.17) is 9.47 Å². The summed E-state index contributed by atoms with van der Waals surface area (Å²) in [6.07, 6.45) is 2.64. The number of rotatable bonds is 8. The maximum atomic E-state index is 11.5. The minimum absolute atomic E-state index is 0.0918. The smallest absolute Gasteiger partial charge is 0.408 e. The number of hydrogen-bond acceptors (Lipinski definition) is 4. The van der Waals surface area contributed by atoms with Gasteiger partial charge in [0.05, 0.1) is 0 Å². The molecule has 0 heterocycles. The number of ether oxygens (including phenoxy) is 2. The Morgan fingerprint density at radius 2 is 1.82 bits per heavy atom. The SMILES string of the molecule is C=CCOC(=O)N[C@@H](CCBr)C(=O)OCC=C. The van der Waals surface area contributed by atoms with Crippen molar-refractivity contribution in [3.63, 3.8) is 0 Å². The van der Waals surface area contributed by atoms with Crippen molar-refractivity contribution in [3.8, 4) is 0 Å². The molecule has 0 fully saturated rings. The molecule has 1 N–H and O–H groups in total. The number of carbonyl (C=O) groups is 2. The molecule has 0 aromatic rings. The van der Waals surface area contributed by atoms with Gasteiger partial charge in [-0.1, -0.05) is 41.2 Å². The van der Waals surface area contributed by atoms with Gasteiger partial charge in [0.2, 0.25) is 0 Å². The van der Waals surface area contributed by atoms with E-state index >= 15 is 0 Å². The summed E-state index contributed by atoms with van der Waals surface area (Å²) in [6, 6.07) is -0.730. The summed E-state index contributed by atoms with van der Waals surface area (Å²) in [5.74, 6) is -0.514. The van der Waals surface area contributed by atoms with Gasteiger partial charge in [-0.15, -0.1) is 0 Å². The van der Waals surface area contributed by atoms with Gasteiger partial charge >= 0.3 is 12.1 Å². The molecule has 17 heavy (non-hydrogen) atoms. The molecule has 96 valence electrons. The minimum atomic E-state index is -0.730. The summed E-state index contributed by atoms with van der Waals surface area (Å²) >= 11 is 3.19. The van der Waals surface area contributed by atoms with Gasteiger partial charge in [0.1, 0.15) is 19.3 Å².